The lowest BCUT2D eigenvalue weighted by molar-refractivity contribution is -0.125. The van der Waals surface area contributed by atoms with Gasteiger partial charge >= 0.3 is 0 Å². The minimum Gasteiger partial charge on any atom is -0.496 e. The highest BCUT2D eigenvalue weighted by atomic mass is 32.1. The Balaban J connectivity index is 1.69. The van der Waals surface area contributed by atoms with Gasteiger partial charge in [0.05, 0.1) is 17.6 Å². The van der Waals surface area contributed by atoms with Crippen LogP contribution in [0.5, 0.6) is 5.75 Å². The van der Waals surface area contributed by atoms with E-state index in [1.54, 1.807) is 30.2 Å². The zero-order chi connectivity index (χ0) is 23.1. The third-order valence-corrected chi connectivity index (χ3v) is 6.82. The average molecular weight is 458 g/mol. The van der Waals surface area contributed by atoms with E-state index in [1.807, 2.05) is 37.4 Å². The fourth-order valence-corrected chi connectivity index (χ4v) is 4.51. The molecule has 3 rings (SSSR count). The van der Waals surface area contributed by atoms with E-state index in [0.717, 1.165) is 6.42 Å². The summed E-state index contributed by atoms with van der Waals surface area (Å²) in [5, 5.41) is 7.79. The number of nitrogens with one attached hydrogen (secondary N) is 2. The number of hydrogen-bond acceptors (Lipinski definition) is 5. The number of ether oxygens (including phenoxy) is 1. The SMILES string of the molecule is CC[C@@H](C)NC(=O)[C@H](NC(=O)c1cccs1)C1CCN(C(=O)c2ccccc2OC)CC1. The van der Waals surface area contributed by atoms with Gasteiger partial charge in [-0.3, -0.25) is 14.4 Å². The molecular formula is C24H31N3O4S. The van der Waals surface area contributed by atoms with Crippen molar-refractivity contribution >= 4 is 29.1 Å². The first-order valence-electron chi connectivity index (χ1n) is 11.0. The molecule has 2 heterocycles. The van der Waals surface area contributed by atoms with Crippen LogP contribution in [0.15, 0.2) is 41.8 Å². The maximum atomic E-state index is 13.0. The Bertz CT molecular complexity index is 923. The molecule has 1 fully saturated rings. The van der Waals surface area contributed by atoms with Crippen molar-refractivity contribution in [3.63, 3.8) is 0 Å². The van der Waals surface area contributed by atoms with Gasteiger partial charge in [-0.25, -0.2) is 0 Å². The van der Waals surface area contributed by atoms with Gasteiger partial charge in [-0.15, -0.1) is 11.3 Å². The molecular weight excluding hydrogens is 426 g/mol. The minimum absolute atomic E-state index is 0.0239. The van der Waals surface area contributed by atoms with Crippen LogP contribution >= 0.6 is 11.3 Å². The number of amides is 3. The molecule has 2 N–H and O–H groups in total. The standard InChI is InChI=1S/C24H31N3O4S/c1-4-16(2)25-23(29)21(26-22(28)20-10-7-15-32-20)17-11-13-27(14-12-17)24(30)18-8-5-6-9-19(18)31-3/h5-10,15-17,21H,4,11-14H2,1-3H3,(H,25,29)(H,26,28)/t16-,21-/m1/s1. The normalized spacial score (nSPS) is 16.2. The van der Waals surface area contributed by atoms with Crippen molar-refractivity contribution in [3.8, 4) is 5.75 Å². The molecule has 0 spiro atoms. The maximum absolute atomic E-state index is 13.0. The van der Waals surface area contributed by atoms with E-state index < -0.39 is 6.04 Å². The molecule has 0 radical (unpaired) electrons. The highest BCUT2D eigenvalue weighted by Gasteiger charge is 2.35. The number of likely N-dealkylation sites (tertiary alicyclic amines) is 1. The van der Waals surface area contributed by atoms with E-state index in [0.29, 0.717) is 42.1 Å². The van der Waals surface area contributed by atoms with Crippen LogP contribution in [0.3, 0.4) is 0 Å². The molecule has 1 saturated heterocycles. The predicted octanol–water partition coefficient (Wildman–Crippen LogP) is 3.32. The molecule has 0 unspecified atom stereocenters. The number of piperidine rings is 1. The Morgan fingerprint density at radius 1 is 1.12 bits per heavy atom. The van der Waals surface area contributed by atoms with Crippen LogP contribution < -0.4 is 15.4 Å². The number of carbonyl (C=O) groups excluding carboxylic acids is 3. The predicted molar refractivity (Wildman–Crippen MR) is 125 cm³/mol. The van der Waals surface area contributed by atoms with E-state index in [4.69, 9.17) is 4.74 Å². The van der Waals surface area contributed by atoms with Crippen LogP contribution in [0.25, 0.3) is 0 Å². The van der Waals surface area contributed by atoms with Crippen LogP contribution in [0.2, 0.25) is 0 Å². The third-order valence-electron chi connectivity index (χ3n) is 5.95. The molecule has 1 aromatic carbocycles. The van der Waals surface area contributed by atoms with Gasteiger partial charge in [0.15, 0.2) is 0 Å². The van der Waals surface area contributed by atoms with Gasteiger partial charge < -0.3 is 20.3 Å². The van der Waals surface area contributed by atoms with Crippen molar-refractivity contribution in [2.24, 2.45) is 5.92 Å². The number of hydrogen-bond donors (Lipinski definition) is 2. The smallest absolute Gasteiger partial charge is 0.262 e. The van der Waals surface area contributed by atoms with Crippen LogP contribution in [0.4, 0.5) is 0 Å². The molecule has 0 bridgehead atoms. The number of carbonyl (C=O) groups is 3. The zero-order valence-electron chi connectivity index (χ0n) is 18.8. The Kier molecular flexibility index (Phi) is 8.27. The quantitative estimate of drug-likeness (QED) is 0.637. The van der Waals surface area contributed by atoms with Gasteiger partial charge in [-0.05, 0) is 55.7 Å². The minimum atomic E-state index is -0.637. The Morgan fingerprint density at radius 3 is 2.47 bits per heavy atom. The number of rotatable bonds is 8. The lowest BCUT2D eigenvalue weighted by atomic mass is 9.88. The molecule has 3 amide bonds. The van der Waals surface area contributed by atoms with Crippen molar-refractivity contribution in [2.45, 2.75) is 45.2 Å². The second-order valence-corrected chi connectivity index (χ2v) is 9.02. The third kappa shape index (κ3) is 5.68. The molecule has 2 aromatic rings. The summed E-state index contributed by atoms with van der Waals surface area (Å²) >= 11 is 1.35. The number of methoxy groups -OCH3 is 1. The van der Waals surface area contributed by atoms with Crippen LogP contribution in [-0.2, 0) is 4.79 Å². The first kappa shape index (κ1) is 23.8. The van der Waals surface area contributed by atoms with Gasteiger partial charge in [0.25, 0.3) is 11.8 Å². The van der Waals surface area contributed by atoms with Crippen molar-refractivity contribution in [3.05, 3.63) is 52.2 Å². The van der Waals surface area contributed by atoms with E-state index in [-0.39, 0.29) is 29.7 Å². The second-order valence-electron chi connectivity index (χ2n) is 8.08. The highest BCUT2D eigenvalue weighted by Crippen LogP contribution is 2.26. The first-order chi connectivity index (χ1) is 15.4. The summed E-state index contributed by atoms with van der Waals surface area (Å²) in [7, 11) is 1.55. The molecule has 1 aliphatic rings. The largest absolute Gasteiger partial charge is 0.496 e. The van der Waals surface area contributed by atoms with Gasteiger partial charge in [0.2, 0.25) is 5.91 Å². The van der Waals surface area contributed by atoms with Crippen LogP contribution in [0.1, 0.15) is 53.1 Å². The number of para-hydroxylation sites is 1. The number of nitrogens with zero attached hydrogens (tertiary/aromatic N) is 1. The average Bonchev–Trinajstić information content (AvgIpc) is 3.37. The molecule has 0 saturated carbocycles. The van der Waals surface area contributed by atoms with Gasteiger partial charge in [0, 0.05) is 19.1 Å². The highest BCUT2D eigenvalue weighted by molar-refractivity contribution is 7.12. The van der Waals surface area contributed by atoms with Crippen LogP contribution in [-0.4, -0.2) is 54.9 Å². The Labute approximate surface area is 193 Å². The molecule has 172 valence electrons. The summed E-state index contributed by atoms with van der Waals surface area (Å²) in [6.07, 6.45) is 2.07. The summed E-state index contributed by atoms with van der Waals surface area (Å²) < 4.78 is 5.33. The molecule has 32 heavy (non-hydrogen) atoms. The van der Waals surface area contributed by atoms with Crippen molar-refractivity contribution in [1.29, 1.82) is 0 Å². The second kappa shape index (κ2) is 11.1. The summed E-state index contributed by atoms with van der Waals surface area (Å²) in [4.78, 5) is 41.1. The van der Waals surface area contributed by atoms with Gasteiger partial charge in [-0.1, -0.05) is 25.1 Å². The van der Waals surface area contributed by atoms with Crippen molar-refractivity contribution in [2.75, 3.05) is 20.2 Å². The number of benzene rings is 1. The summed E-state index contributed by atoms with van der Waals surface area (Å²) in [6, 6.07) is 10.1. The Morgan fingerprint density at radius 2 is 1.84 bits per heavy atom. The Hall–Kier alpha value is -2.87. The van der Waals surface area contributed by atoms with Crippen LogP contribution in [0, 0.1) is 5.92 Å². The summed E-state index contributed by atoms with van der Waals surface area (Å²) in [5.74, 6) is 0.0121. The fourth-order valence-electron chi connectivity index (χ4n) is 3.88. The van der Waals surface area contributed by atoms with E-state index in [9.17, 15) is 14.4 Å². The first-order valence-corrected chi connectivity index (χ1v) is 11.9. The maximum Gasteiger partial charge on any atom is 0.262 e. The molecule has 0 aliphatic carbocycles. The van der Waals surface area contributed by atoms with E-state index in [2.05, 4.69) is 10.6 Å². The fraction of sp³-hybridized carbons (Fsp3) is 0.458. The molecule has 7 nitrogen and oxygen atoms in total. The van der Waals surface area contributed by atoms with E-state index in [1.165, 1.54) is 11.3 Å². The molecule has 2 atom stereocenters. The molecule has 1 aliphatic heterocycles. The monoisotopic (exact) mass is 457 g/mol. The lowest BCUT2D eigenvalue weighted by Crippen LogP contribution is -2.55. The van der Waals surface area contributed by atoms with Gasteiger partial charge in [-0.2, -0.15) is 0 Å². The lowest BCUT2D eigenvalue weighted by Gasteiger charge is -2.36. The summed E-state index contributed by atoms with van der Waals surface area (Å²) in [6.45, 7) is 4.99. The molecule has 8 heteroatoms. The van der Waals surface area contributed by atoms with Crippen molar-refractivity contribution in [1.82, 2.24) is 15.5 Å². The zero-order valence-corrected chi connectivity index (χ0v) is 19.6. The van der Waals surface area contributed by atoms with E-state index >= 15 is 0 Å². The molecule has 1 aromatic heterocycles. The topological polar surface area (TPSA) is 87.7 Å². The summed E-state index contributed by atoms with van der Waals surface area (Å²) in [5.41, 5.74) is 0.533. The van der Waals surface area contributed by atoms with Gasteiger partial charge in [0.1, 0.15) is 11.8 Å². The number of thiophene rings is 1. The van der Waals surface area contributed by atoms with Crippen molar-refractivity contribution < 1.29 is 19.1 Å².